The highest BCUT2D eigenvalue weighted by atomic mass is 16.5. The van der Waals surface area contributed by atoms with E-state index < -0.39 is 5.69 Å². The van der Waals surface area contributed by atoms with E-state index in [0.717, 1.165) is 11.3 Å². The number of ether oxygens (including phenoxy) is 1. The fourth-order valence-electron chi connectivity index (χ4n) is 2.98. The van der Waals surface area contributed by atoms with Crippen LogP contribution in [0.5, 0.6) is 5.75 Å². The number of amides is 2. The van der Waals surface area contributed by atoms with Gasteiger partial charge < -0.3 is 15.0 Å². The van der Waals surface area contributed by atoms with E-state index in [2.05, 4.69) is 20.5 Å². The minimum Gasteiger partial charge on any atom is -0.497 e. The molecule has 0 spiro atoms. The van der Waals surface area contributed by atoms with E-state index in [0.29, 0.717) is 31.8 Å². The van der Waals surface area contributed by atoms with Crippen LogP contribution in [0, 0.1) is 5.92 Å². The fourth-order valence-corrected chi connectivity index (χ4v) is 2.98. The van der Waals surface area contributed by atoms with E-state index in [-0.39, 0.29) is 24.3 Å². The maximum atomic E-state index is 12.4. The number of piperidine rings is 1. The van der Waals surface area contributed by atoms with E-state index >= 15 is 0 Å². The van der Waals surface area contributed by atoms with Crippen LogP contribution in [0.1, 0.15) is 24.2 Å². The van der Waals surface area contributed by atoms with Gasteiger partial charge in [0.1, 0.15) is 11.6 Å². The Hall–Kier alpha value is -3.10. The third kappa shape index (κ3) is 4.29. The Morgan fingerprint density at radius 3 is 3.00 bits per heavy atom. The monoisotopic (exact) mass is 359 g/mol. The van der Waals surface area contributed by atoms with Gasteiger partial charge in [0, 0.05) is 19.5 Å². The quantitative estimate of drug-likeness (QED) is 0.679. The standard InChI is InChI=1S/C17H21N5O4/c1-26-13-4-2-3-11(7-13)9-22-10-12(5-6-15(22)23)16(24)18-8-14-19-17(25)21-20-14/h2-4,7,12H,5-6,8-10H2,1H3,(H,18,24)(H2,19,20,21,25)/t12-/m1/s1. The molecule has 1 aromatic carbocycles. The zero-order valence-electron chi connectivity index (χ0n) is 14.4. The second-order valence-electron chi connectivity index (χ2n) is 6.20. The molecule has 2 amide bonds. The first-order valence-corrected chi connectivity index (χ1v) is 8.37. The lowest BCUT2D eigenvalue weighted by Crippen LogP contribution is -2.45. The summed E-state index contributed by atoms with van der Waals surface area (Å²) in [6.45, 7) is 0.934. The van der Waals surface area contributed by atoms with Crippen LogP contribution < -0.4 is 15.7 Å². The molecule has 1 fully saturated rings. The third-order valence-corrected chi connectivity index (χ3v) is 4.36. The number of hydrogen-bond donors (Lipinski definition) is 3. The van der Waals surface area contributed by atoms with Crippen molar-refractivity contribution in [3.63, 3.8) is 0 Å². The highest BCUT2D eigenvalue weighted by molar-refractivity contribution is 5.83. The molecule has 0 unspecified atom stereocenters. The van der Waals surface area contributed by atoms with Gasteiger partial charge in [-0.15, -0.1) is 0 Å². The van der Waals surface area contributed by atoms with Crippen molar-refractivity contribution in [2.45, 2.75) is 25.9 Å². The Bertz CT molecular complexity index is 843. The summed E-state index contributed by atoms with van der Waals surface area (Å²) in [4.78, 5) is 39.8. The fraction of sp³-hybridized carbons (Fsp3) is 0.412. The molecule has 2 aromatic rings. The van der Waals surface area contributed by atoms with Crippen LogP contribution in [0.25, 0.3) is 0 Å². The SMILES string of the molecule is COc1cccc(CN2C[C@H](C(=O)NCc3n[nH]c(=O)[nH]3)CCC2=O)c1. The molecule has 0 bridgehead atoms. The van der Waals surface area contributed by atoms with Gasteiger partial charge >= 0.3 is 5.69 Å². The van der Waals surface area contributed by atoms with Crippen LogP contribution in [0.15, 0.2) is 29.1 Å². The predicted molar refractivity (Wildman–Crippen MR) is 92.2 cm³/mol. The molecule has 0 aliphatic carbocycles. The van der Waals surface area contributed by atoms with Crippen LogP contribution >= 0.6 is 0 Å². The molecule has 1 saturated heterocycles. The zero-order chi connectivity index (χ0) is 18.5. The van der Waals surface area contributed by atoms with E-state index in [1.807, 2.05) is 24.3 Å². The molecule has 138 valence electrons. The van der Waals surface area contributed by atoms with Gasteiger partial charge in [0.25, 0.3) is 0 Å². The lowest BCUT2D eigenvalue weighted by molar-refractivity contribution is -0.139. The maximum absolute atomic E-state index is 12.4. The second kappa shape index (κ2) is 7.85. The number of hydrogen-bond acceptors (Lipinski definition) is 5. The van der Waals surface area contributed by atoms with Crippen molar-refractivity contribution in [2.75, 3.05) is 13.7 Å². The van der Waals surface area contributed by atoms with Gasteiger partial charge in [0.15, 0.2) is 0 Å². The largest absolute Gasteiger partial charge is 0.497 e. The number of carbonyl (C=O) groups excluding carboxylic acids is 2. The summed E-state index contributed by atoms with van der Waals surface area (Å²) >= 11 is 0. The number of aromatic nitrogens is 3. The van der Waals surface area contributed by atoms with Crippen molar-refractivity contribution < 1.29 is 14.3 Å². The van der Waals surface area contributed by atoms with Crippen molar-refractivity contribution in [3.8, 4) is 5.75 Å². The molecule has 9 heteroatoms. The minimum absolute atomic E-state index is 0.0356. The van der Waals surface area contributed by atoms with Crippen LogP contribution in [-0.4, -0.2) is 45.6 Å². The molecular formula is C17H21N5O4. The summed E-state index contributed by atoms with van der Waals surface area (Å²) in [5, 5.41) is 8.74. The van der Waals surface area contributed by atoms with Crippen molar-refractivity contribution in [2.24, 2.45) is 5.92 Å². The lowest BCUT2D eigenvalue weighted by Gasteiger charge is -2.32. The first-order chi connectivity index (χ1) is 12.5. The number of rotatable bonds is 6. The molecule has 1 aliphatic rings. The van der Waals surface area contributed by atoms with E-state index in [1.165, 1.54) is 0 Å². The number of nitrogens with one attached hydrogen (secondary N) is 3. The number of likely N-dealkylation sites (tertiary alicyclic amines) is 1. The van der Waals surface area contributed by atoms with Gasteiger partial charge in [0.2, 0.25) is 11.8 Å². The molecule has 0 radical (unpaired) electrons. The topological polar surface area (TPSA) is 120 Å². The molecule has 1 atom stereocenters. The number of aromatic amines is 2. The van der Waals surface area contributed by atoms with Crippen LogP contribution in [-0.2, 0) is 22.7 Å². The molecule has 26 heavy (non-hydrogen) atoms. The normalized spacial score (nSPS) is 17.2. The van der Waals surface area contributed by atoms with Gasteiger partial charge in [-0.3, -0.25) is 14.6 Å². The number of methoxy groups -OCH3 is 1. The smallest absolute Gasteiger partial charge is 0.340 e. The first kappa shape index (κ1) is 17.7. The summed E-state index contributed by atoms with van der Waals surface area (Å²) in [5.41, 5.74) is 0.537. The molecular weight excluding hydrogens is 338 g/mol. The zero-order valence-corrected chi connectivity index (χ0v) is 14.4. The van der Waals surface area contributed by atoms with Crippen LogP contribution in [0.4, 0.5) is 0 Å². The van der Waals surface area contributed by atoms with E-state index in [4.69, 9.17) is 4.74 Å². The van der Waals surface area contributed by atoms with E-state index in [9.17, 15) is 14.4 Å². The average molecular weight is 359 g/mol. The highest BCUT2D eigenvalue weighted by Gasteiger charge is 2.30. The average Bonchev–Trinajstić information content (AvgIpc) is 3.07. The Labute approximate surface area is 149 Å². The Morgan fingerprint density at radius 1 is 1.42 bits per heavy atom. The summed E-state index contributed by atoms with van der Waals surface area (Å²) in [6, 6.07) is 7.52. The van der Waals surface area contributed by atoms with Crippen LogP contribution in [0.2, 0.25) is 0 Å². The van der Waals surface area contributed by atoms with Crippen molar-refractivity contribution in [1.29, 1.82) is 0 Å². The number of benzene rings is 1. The summed E-state index contributed by atoms with van der Waals surface area (Å²) in [7, 11) is 1.60. The molecule has 1 aromatic heterocycles. The van der Waals surface area contributed by atoms with E-state index in [1.54, 1.807) is 12.0 Å². The van der Waals surface area contributed by atoms with Gasteiger partial charge in [-0.1, -0.05) is 12.1 Å². The molecule has 9 nitrogen and oxygen atoms in total. The van der Waals surface area contributed by atoms with Gasteiger partial charge in [-0.05, 0) is 24.1 Å². The van der Waals surface area contributed by atoms with Crippen molar-refractivity contribution in [3.05, 3.63) is 46.1 Å². The number of carbonyl (C=O) groups is 2. The molecule has 2 heterocycles. The highest BCUT2D eigenvalue weighted by Crippen LogP contribution is 2.21. The Morgan fingerprint density at radius 2 is 2.27 bits per heavy atom. The summed E-state index contributed by atoms with van der Waals surface area (Å²) in [6.07, 6.45) is 0.845. The molecule has 0 saturated carbocycles. The third-order valence-electron chi connectivity index (χ3n) is 4.36. The first-order valence-electron chi connectivity index (χ1n) is 8.37. The molecule has 1 aliphatic heterocycles. The number of H-pyrrole nitrogens is 2. The summed E-state index contributed by atoms with van der Waals surface area (Å²) < 4.78 is 5.20. The molecule has 3 rings (SSSR count). The predicted octanol–water partition coefficient (Wildman–Crippen LogP) is 0.162. The number of nitrogens with zero attached hydrogens (tertiary/aromatic N) is 2. The maximum Gasteiger partial charge on any atom is 0.340 e. The summed E-state index contributed by atoms with van der Waals surface area (Å²) in [5.74, 6) is 0.687. The van der Waals surface area contributed by atoms with Gasteiger partial charge in [-0.25, -0.2) is 9.89 Å². The van der Waals surface area contributed by atoms with Gasteiger partial charge in [-0.2, -0.15) is 5.10 Å². The van der Waals surface area contributed by atoms with Gasteiger partial charge in [0.05, 0.1) is 19.6 Å². The van der Waals surface area contributed by atoms with Crippen LogP contribution in [0.3, 0.4) is 0 Å². The van der Waals surface area contributed by atoms with Crippen molar-refractivity contribution in [1.82, 2.24) is 25.4 Å². The molecule has 3 N–H and O–H groups in total. The second-order valence-corrected chi connectivity index (χ2v) is 6.20. The Balaban J connectivity index is 1.58. The minimum atomic E-state index is -0.415. The lowest BCUT2D eigenvalue weighted by atomic mass is 9.96. The Kier molecular flexibility index (Phi) is 5.35. The van der Waals surface area contributed by atoms with Crippen molar-refractivity contribution >= 4 is 11.8 Å².